The van der Waals surface area contributed by atoms with Crippen molar-refractivity contribution in [2.75, 3.05) is 38.0 Å². The molecule has 0 unspecified atom stereocenters. The van der Waals surface area contributed by atoms with Crippen LogP contribution in [-0.2, 0) is 0 Å². The van der Waals surface area contributed by atoms with E-state index in [-0.39, 0.29) is 5.75 Å². The highest BCUT2D eigenvalue weighted by atomic mass is 16.3. The van der Waals surface area contributed by atoms with Crippen molar-refractivity contribution in [1.82, 2.24) is 20.2 Å². The molecule has 0 amide bonds. The molecule has 180 valence electrons. The van der Waals surface area contributed by atoms with Gasteiger partial charge in [0.15, 0.2) is 0 Å². The SMILES string of the molecule is CCN1CCC(NCCNc2ccc(-c3cc(-c4ccc(O)c(C)c4)nc(=O)[nH]3)c(C)c2)CC1. The Kier molecular flexibility index (Phi) is 7.65. The van der Waals surface area contributed by atoms with E-state index in [4.69, 9.17) is 0 Å². The first-order chi connectivity index (χ1) is 16.4. The van der Waals surface area contributed by atoms with Gasteiger partial charge < -0.3 is 25.6 Å². The van der Waals surface area contributed by atoms with Gasteiger partial charge >= 0.3 is 5.69 Å². The quantitative estimate of drug-likeness (QED) is 0.380. The molecule has 1 aliphatic rings. The Balaban J connectivity index is 1.39. The number of anilines is 1. The molecule has 4 N–H and O–H groups in total. The Labute approximate surface area is 201 Å². The number of piperidine rings is 1. The number of phenolic OH excluding ortho intramolecular Hbond substituents is 1. The lowest BCUT2D eigenvalue weighted by Gasteiger charge is -2.31. The van der Waals surface area contributed by atoms with Gasteiger partial charge in [0.25, 0.3) is 0 Å². The van der Waals surface area contributed by atoms with E-state index in [2.05, 4.69) is 38.5 Å². The number of hydrogen-bond donors (Lipinski definition) is 4. The van der Waals surface area contributed by atoms with Crippen molar-refractivity contribution in [3.63, 3.8) is 0 Å². The molecule has 0 atom stereocenters. The third kappa shape index (κ3) is 5.85. The monoisotopic (exact) mass is 461 g/mol. The Morgan fingerprint density at radius 3 is 2.56 bits per heavy atom. The highest BCUT2D eigenvalue weighted by molar-refractivity contribution is 5.72. The fraction of sp³-hybridized carbons (Fsp3) is 0.407. The molecule has 0 aliphatic carbocycles. The van der Waals surface area contributed by atoms with Gasteiger partial charge in [0, 0.05) is 35.9 Å². The van der Waals surface area contributed by atoms with Gasteiger partial charge in [0.1, 0.15) is 5.75 Å². The molecule has 7 nitrogen and oxygen atoms in total. The Morgan fingerprint density at radius 1 is 1.06 bits per heavy atom. The summed E-state index contributed by atoms with van der Waals surface area (Å²) in [5.74, 6) is 0.227. The van der Waals surface area contributed by atoms with Crippen molar-refractivity contribution in [1.29, 1.82) is 0 Å². The molecule has 0 bridgehead atoms. The van der Waals surface area contributed by atoms with E-state index in [9.17, 15) is 9.90 Å². The van der Waals surface area contributed by atoms with Gasteiger partial charge in [-0.05, 0) is 93.8 Å². The summed E-state index contributed by atoms with van der Waals surface area (Å²) in [5, 5.41) is 17.0. The second kappa shape index (κ2) is 10.8. The van der Waals surface area contributed by atoms with Crippen molar-refractivity contribution in [2.45, 2.75) is 39.7 Å². The standard InChI is InChI=1S/C27H35N5O2/c1-4-32-13-9-21(10-14-32)28-11-12-29-22-6-7-23(18(2)16-22)25-17-24(30-27(34)31-25)20-5-8-26(33)19(3)15-20/h5-8,15-17,21,28-29,33H,4,9-14H2,1-3H3,(H,30,31,34). The number of likely N-dealkylation sites (tertiary alicyclic amines) is 1. The van der Waals surface area contributed by atoms with E-state index in [1.165, 1.54) is 25.9 Å². The van der Waals surface area contributed by atoms with Gasteiger partial charge in [-0.3, -0.25) is 0 Å². The average molecular weight is 462 g/mol. The maximum absolute atomic E-state index is 12.3. The maximum atomic E-state index is 12.3. The Hall–Kier alpha value is -3.16. The second-order valence-corrected chi connectivity index (χ2v) is 9.11. The molecule has 0 spiro atoms. The third-order valence-corrected chi connectivity index (χ3v) is 6.68. The van der Waals surface area contributed by atoms with Crippen LogP contribution in [0.4, 0.5) is 5.69 Å². The normalized spacial score (nSPS) is 14.9. The van der Waals surface area contributed by atoms with Crippen LogP contribution in [0.25, 0.3) is 22.5 Å². The topological polar surface area (TPSA) is 93.3 Å². The zero-order valence-electron chi connectivity index (χ0n) is 20.3. The predicted octanol–water partition coefficient (Wildman–Crippen LogP) is 3.91. The molecule has 0 radical (unpaired) electrons. The van der Waals surface area contributed by atoms with Crippen LogP contribution in [-0.4, -0.2) is 58.7 Å². The van der Waals surface area contributed by atoms with Crippen LogP contribution in [0.5, 0.6) is 5.75 Å². The first kappa shape index (κ1) is 24.0. The number of nitrogens with zero attached hydrogens (tertiary/aromatic N) is 2. The number of nitrogens with one attached hydrogen (secondary N) is 3. The molecule has 1 saturated heterocycles. The second-order valence-electron chi connectivity index (χ2n) is 9.11. The number of phenols is 1. The van der Waals surface area contributed by atoms with Gasteiger partial charge in [-0.1, -0.05) is 13.0 Å². The van der Waals surface area contributed by atoms with Crippen LogP contribution < -0.4 is 16.3 Å². The van der Waals surface area contributed by atoms with Crippen molar-refractivity contribution >= 4 is 5.69 Å². The van der Waals surface area contributed by atoms with E-state index < -0.39 is 5.69 Å². The third-order valence-electron chi connectivity index (χ3n) is 6.68. The minimum Gasteiger partial charge on any atom is -0.508 e. The van der Waals surface area contributed by atoms with Crippen LogP contribution in [0, 0.1) is 13.8 Å². The molecule has 0 saturated carbocycles. The number of hydrogen-bond acceptors (Lipinski definition) is 6. The van der Waals surface area contributed by atoms with Crippen molar-refractivity contribution in [3.8, 4) is 28.3 Å². The van der Waals surface area contributed by atoms with Gasteiger partial charge in [0.2, 0.25) is 0 Å². The lowest BCUT2D eigenvalue weighted by atomic mass is 10.0. The molecule has 34 heavy (non-hydrogen) atoms. The fourth-order valence-electron chi connectivity index (χ4n) is 4.58. The molecule has 7 heteroatoms. The molecule has 1 aromatic heterocycles. The van der Waals surface area contributed by atoms with Crippen LogP contribution in [0.3, 0.4) is 0 Å². The van der Waals surface area contributed by atoms with E-state index in [0.717, 1.165) is 53.3 Å². The summed E-state index contributed by atoms with van der Waals surface area (Å²) in [6.45, 7) is 11.4. The maximum Gasteiger partial charge on any atom is 0.345 e. The molecular weight excluding hydrogens is 426 g/mol. The number of aromatic hydroxyl groups is 1. The van der Waals surface area contributed by atoms with Crippen LogP contribution in [0.15, 0.2) is 47.3 Å². The molecular formula is C27H35N5O2. The fourth-order valence-corrected chi connectivity index (χ4v) is 4.58. The Bertz CT molecular complexity index is 1180. The lowest BCUT2D eigenvalue weighted by Crippen LogP contribution is -2.43. The summed E-state index contributed by atoms with van der Waals surface area (Å²) in [4.78, 5) is 21.8. The minimum atomic E-state index is -0.393. The average Bonchev–Trinajstić information content (AvgIpc) is 2.83. The smallest absolute Gasteiger partial charge is 0.345 e. The summed E-state index contributed by atoms with van der Waals surface area (Å²) < 4.78 is 0. The highest BCUT2D eigenvalue weighted by Gasteiger charge is 2.17. The molecule has 1 fully saturated rings. The van der Waals surface area contributed by atoms with E-state index >= 15 is 0 Å². The lowest BCUT2D eigenvalue weighted by molar-refractivity contribution is 0.207. The van der Waals surface area contributed by atoms with Crippen LogP contribution >= 0.6 is 0 Å². The van der Waals surface area contributed by atoms with Crippen molar-refractivity contribution in [2.24, 2.45) is 0 Å². The first-order valence-electron chi connectivity index (χ1n) is 12.1. The van der Waals surface area contributed by atoms with E-state index in [1.807, 2.05) is 38.1 Å². The van der Waals surface area contributed by atoms with Gasteiger partial charge in [-0.25, -0.2) is 4.79 Å². The molecule has 2 aromatic carbocycles. The minimum absolute atomic E-state index is 0.227. The number of rotatable bonds is 8. The molecule has 4 rings (SSSR count). The number of aryl methyl sites for hydroxylation is 2. The zero-order valence-corrected chi connectivity index (χ0v) is 20.3. The largest absolute Gasteiger partial charge is 0.508 e. The number of H-pyrrole nitrogens is 1. The van der Waals surface area contributed by atoms with Gasteiger partial charge in [0.05, 0.1) is 11.4 Å². The highest BCUT2D eigenvalue weighted by Crippen LogP contribution is 2.28. The van der Waals surface area contributed by atoms with E-state index in [0.29, 0.717) is 11.7 Å². The predicted molar refractivity (Wildman–Crippen MR) is 138 cm³/mol. The molecule has 2 heterocycles. The summed E-state index contributed by atoms with van der Waals surface area (Å²) in [5.41, 5.74) is 5.55. The number of aromatic amines is 1. The summed E-state index contributed by atoms with van der Waals surface area (Å²) in [6.07, 6.45) is 2.44. The molecule has 1 aliphatic heterocycles. The Morgan fingerprint density at radius 2 is 1.85 bits per heavy atom. The van der Waals surface area contributed by atoms with Crippen LogP contribution in [0.2, 0.25) is 0 Å². The van der Waals surface area contributed by atoms with E-state index in [1.54, 1.807) is 12.1 Å². The first-order valence-corrected chi connectivity index (χ1v) is 12.1. The van der Waals surface area contributed by atoms with Crippen molar-refractivity contribution in [3.05, 3.63) is 64.1 Å². The molecule has 3 aromatic rings. The van der Waals surface area contributed by atoms with Gasteiger partial charge in [-0.2, -0.15) is 4.98 Å². The summed E-state index contributed by atoms with van der Waals surface area (Å²) in [6, 6.07) is 13.9. The number of aromatic nitrogens is 2. The van der Waals surface area contributed by atoms with Crippen LogP contribution in [0.1, 0.15) is 30.9 Å². The number of benzene rings is 2. The van der Waals surface area contributed by atoms with Gasteiger partial charge in [-0.15, -0.1) is 0 Å². The van der Waals surface area contributed by atoms with Crippen molar-refractivity contribution < 1.29 is 5.11 Å². The summed E-state index contributed by atoms with van der Waals surface area (Å²) in [7, 11) is 0. The zero-order chi connectivity index (χ0) is 24.1. The summed E-state index contributed by atoms with van der Waals surface area (Å²) >= 11 is 0.